The molecule has 0 aromatic heterocycles. The van der Waals surface area contributed by atoms with E-state index in [2.05, 4.69) is 22.2 Å². The molecule has 166 valence electrons. The van der Waals surface area contributed by atoms with Gasteiger partial charge in [-0.15, -0.1) is 0 Å². The van der Waals surface area contributed by atoms with Crippen LogP contribution < -0.4 is 5.32 Å². The molecule has 3 rings (SSSR count). The Morgan fingerprint density at radius 1 is 1.00 bits per heavy atom. The van der Waals surface area contributed by atoms with E-state index in [1.54, 1.807) is 0 Å². The number of hydrogen-bond donors (Lipinski definition) is 1. The molecule has 0 saturated carbocycles. The van der Waals surface area contributed by atoms with E-state index in [1.165, 1.54) is 0 Å². The number of rotatable bonds is 4. The highest BCUT2D eigenvalue weighted by molar-refractivity contribution is 5.87. The van der Waals surface area contributed by atoms with Crippen LogP contribution in [0.3, 0.4) is 0 Å². The molecule has 0 aliphatic carbocycles. The lowest BCUT2D eigenvalue weighted by molar-refractivity contribution is -0.135. The molecule has 2 saturated heterocycles. The Morgan fingerprint density at radius 2 is 1.60 bits per heavy atom. The average molecular weight is 417 g/mol. The number of nitrogens with zero attached hydrogens (tertiary/aromatic N) is 3. The minimum Gasteiger partial charge on any atom is -0.444 e. The van der Waals surface area contributed by atoms with Gasteiger partial charge < -0.3 is 19.9 Å². The molecule has 1 aromatic rings. The third kappa shape index (κ3) is 6.19. The normalized spacial score (nSPS) is 20.6. The Bertz CT molecular complexity index is 703. The Balaban J connectivity index is 1.63. The van der Waals surface area contributed by atoms with Crippen molar-refractivity contribution in [2.24, 2.45) is 0 Å². The van der Waals surface area contributed by atoms with Gasteiger partial charge in [0.1, 0.15) is 11.6 Å². The highest BCUT2D eigenvalue weighted by Gasteiger charge is 2.33. The highest BCUT2D eigenvalue weighted by atomic mass is 16.6. The van der Waals surface area contributed by atoms with Crippen molar-refractivity contribution >= 4 is 12.0 Å². The third-order valence-corrected chi connectivity index (χ3v) is 5.87. The Kier molecular flexibility index (Phi) is 7.36. The van der Waals surface area contributed by atoms with E-state index in [0.29, 0.717) is 6.04 Å². The summed E-state index contributed by atoms with van der Waals surface area (Å²) in [5, 5.41) is 2.80. The summed E-state index contributed by atoms with van der Waals surface area (Å²) in [6.45, 7) is 11.3. The van der Waals surface area contributed by atoms with Crippen molar-refractivity contribution < 1.29 is 14.3 Å². The van der Waals surface area contributed by atoms with Crippen LogP contribution in [0.1, 0.15) is 45.2 Å². The van der Waals surface area contributed by atoms with Crippen molar-refractivity contribution in [3.63, 3.8) is 0 Å². The molecule has 2 fully saturated rings. The maximum Gasteiger partial charge on any atom is 0.408 e. The number of nitrogens with one attached hydrogen (secondary N) is 1. The largest absolute Gasteiger partial charge is 0.444 e. The van der Waals surface area contributed by atoms with Crippen molar-refractivity contribution in [1.29, 1.82) is 0 Å². The SMILES string of the molecule is CN1CCN(C2CCN(C(=O)[C@H](NC(=O)OC(C)(C)C)c3ccccc3)CC2)CC1. The quantitative estimate of drug-likeness (QED) is 0.817. The van der Waals surface area contributed by atoms with Crippen LogP contribution in [0.25, 0.3) is 0 Å². The number of hydrogen-bond acceptors (Lipinski definition) is 5. The van der Waals surface area contributed by atoms with Gasteiger partial charge in [-0.3, -0.25) is 9.69 Å². The molecule has 1 atom stereocenters. The van der Waals surface area contributed by atoms with Gasteiger partial charge in [-0.2, -0.15) is 0 Å². The van der Waals surface area contributed by atoms with Crippen LogP contribution in [0.5, 0.6) is 0 Å². The van der Waals surface area contributed by atoms with Gasteiger partial charge in [0.05, 0.1) is 0 Å². The van der Waals surface area contributed by atoms with E-state index < -0.39 is 17.7 Å². The second-order valence-electron chi connectivity index (χ2n) is 9.39. The van der Waals surface area contributed by atoms with Crippen LogP contribution in [0, 0.1) is 0 Å². The third-order valence-electron chi connectivity index (χ3n) is 5.87. The minimum absolute atomic E-state index is 0.0658. The predicted molar refractivity (Wildman–Crippen MR) is 117 cm³/mol. The van der Waals surface area contributed by atoms with Gasteiger partial charge >= 0.3 is 6.09 Å². The molecule has 2 aliphatic rings. The van der Waals surface area contributed by atoms with E-state index in [4.69, 9.17) is 4.74 Å². The second kappa shape index (κ2) is 9.79. The van der Waals surface area contributed by atoms with Crippen molar-refractivity contribution in [3.8, 4) is 0 Å². The van der Waals surface area contributed by atoms with Crippen molar-refractivity contribution in [2.45, 2.75) is 51.3 Å². The Morgan fingerprint density at radius 3 is 2.17 bits per heavy atom. The number of piperazine rings is 1. The molecule has 0 spiro atoms. The van der Waals surface area contributed by atoms with E-state index in [1.807, 2.05) is 56.0 Å². The average Bonchev–Trinajstić information content (AvgIpc) is 2.72. The van der Waals surface area contributed by atoms with E-state index in [-0.39, 0.29) is 5.91 Å². The summed E-state index contributed by atoms with van der Waals surface area (Å²) in [6, 6.07) is 9.21. The fourth-order valence-electron chi connectivity index (χ4n) is 4.18. The molecule has 1 N–H and O–H groups in total. The first-order chi connectivity index (χ1) is 14.2. The van der Waals surface area contributed by atoms with Crippen LogP contribution >= 0.6 is 0 Å². The molecular formula is C23H36N4O3. The molecule has 2 aliphatic heterocycles. The predicted octanol–water partition coefficient (Wildman–Crippen LogP) is 2.49. The van der Waals surface area contributed by atoms with Crippen molar-refractivity contribution in [2.75, 3.05) is 46.3 Å². The fourth-order valence-corrected chi connectivity index (χ4v) is 4.18. The zero-order valence-corrected chi connectivity index (χ0v) is 18.8. The smallest absolute Gasteiger partial charge is 0.408 e. The van der Waals surface area contributed by atoms with E-state index in [9.17, 15) is 9.59 Å². The van der Waals surface area contributed by atoms with Gasteiger partial charge in [0.2, 0.25) is 5.91 Å². The first-order valence-corrected chi connectivity index (χ1v) is 11.0. The summed E-state index contributed by atoms with van der Waals surface area (Å²) in [4.78, 5) is 32.6. The first kappa shape index (κ1) is 22.6. The van der Waals surface area contributed by atoms with Crippen molar-refractivity contribution in [1.82, 2.24) is 20.0 Å². The van der Waals surface area contributed by atoms with Crippen LogP contribution in [0.15, 0.2) is 30.3 Å². The second-order valence-corrected chi connectivity index (χ2v) is 9.39. The van der Waals surface area contributed by atoms with Gasteiger partial charge in [-0.1, -0.05) is 30.3 Å². The summed E-state index contributed by atoms with van der Waals surface area (Å²) in [6.07, 6.45) is 1.38. The van der Waals surface area contributed by atoms with Crippen LogP contribution in [-0.4, -0.2) is 84.7 Å². The number of likely N-dealkylation sites (N-methyl/N-ethyl adjacent to an activating group) is 1. The number of piperidine rings is 1. The van der Waals surface area contributed by atoms with Crippen LogP contribution in [0.4, 0.5) is 4.79 Å². The van der Waals surface area contributed by atoms with Crippen molar-refractivity contribution in [3.05, 3.63) is 35.9 Å². The van der Waals surface area contributed by atoms with Crippen LogP contribution in [0.2, 0.25) is 0 Å². The number of carbonyl (C=O) groups is 2. The van der Waals surface area contributed by atoms with Gasteiger partial charge in [0.25, 0.3) is 0 Å². The number of carbonyl (C=O) groups excluding carboxylic acids is 2. The van der Waals surface area contributed by atoms with Crippen LogP contribution in [-0.2, 0) is 9.53 Å². The summed E-state index contributed by atoms with van der Waals surface area (Å²) in [5.74, 6) is -0.0658. The van der Waals surface area contributed by atoms with E-state index in [0.717, 1.165) is 57.7 Å². The zero-order valence-electron chi connectivity index (χ0n) is 18.8. The molecule has 30 heavy (non-hydrogen) atoms. The fraction of sp³-hybridized carbons (Fsp3) is 0.652. The number of ether oxygens (including phenoxy) is 1. The lowest BCUT2D eigenvalue weighted by atomic mass is 9.99. The molecule has 0 unspecified atom stereocenters. The Hall–Kier alpha value is -2.12. The number of likely N-dealkylation sites (tertiary alicyclic amines) is 1. The molecule has 1 aromatic carbocycles. The lowest BCUT2D eigenvalue weighted by Gasteiger charge is -2.42. The molecular weight excluding hydrogens is 380 g/mol. The van der Waals surface area contributed by atoms with Gasteiger partial charge in [0, 0.05) is 45.3 Å². The first-order valence-electron chi connectivity index (χ1n) is 11.0. The van der Waals surface area contributed by atoms with Gasteiger partial charge in [-0.25, -0.2) is 4.79 Å². The van der Waals surface area contributed by atoms with Gasteiger partial charge in [0.15, 0.2) is 0 Å². The standard InChI is InChI=1S/C23H36N4O3/c1-23(2,3)30-22(29)24-20(18-8-6-5-7-9-18)21(28)27-12-10-19(11-13-27)26-16-14-25(4)15-17-26/h5-9,19-20H,10-17H2,1-4H3,(H,24,29)/t20-/m1/s1. The monoisotopic (exact) mass is 416 g/mol. The summed E-state index contributed by atoms with van der Waals surface area (Å²) in [7, 11) is 2.17. The van der Waals surface area contributed by atoms with E-state index >= 15 is 0 Å². The molecule has 2 heterocycles. The number of amides is 2. The zero-order chi connectivity index (χ0) is 21.7. The number of benzene rings is 1. The molecule has 0 radical (unpaired) electrons. The lowest BCUT2D eigenvalue weighted by Crippen LogP contribution is -2.54. The summed E-state index contributed by atoms with van der Waals surface area (Å²) >= 11 is 0. The van der Waals surface area contributed by atoms with Gasteiger partial charge in [-0.05, 0) is 46.2 Å². The number of alkyl carbamates (subject to hydrolysis) is 1. The molecule has 7 nitrogen and oxygen atoms in total. The maximum atomic E-state index is 13.4. The summed E-state index contributed by atoms with van der Waals surface area (Å²) in [5.41, 5.74) is 0.157. The summed E-state index contributed by atoms with van der Waals surface area (Å²) < 4.78 is 5.40. The topological polar surface area (TPSA) is 65.1 Å². The minimum atomic E-state index is -0.735. The highest BCUT2D eigenvalue weighted by Crippen LogP contribution is 2.23. The molecule has 2 amide bonds. The molecule has 7 heteroatoms. The Labute approximate surface area is 180 Å². The molecule has 0 bridgehead atoms. The maximum absolute atomic E-state index is 13.4.